The summed E-state index contributed by atoms with van der Waals surface area (Å²) in [7, 11) is 0. The second-order valence-electron chi connectivity index (χ2n) is 4.23. The molecule has 5 heteroatoms. The minimum absolute atomic E-state index is 0.0172. The highest BCUT2D eigenvalue weighted by molar-refractivity contribution is 5.94. The van der Waals surface area contributed by atoms with Crippen molar-refractivity contribution < 1.29 is 9.59 Å². The Morgan fingerprint density at radius 1 is 1.16 bits per heavy atom. The van der Waals surface area contributed by atoms with E-state index in [1.165, 1.54) is 0 Å². The molecular formula is C14H21N3O2. The van der Waals surface area contributed by atoms with Gasteiger partial charge in [-0.05, 0) is 30.7 Å². The lowest BCUT2D eigenvalue weighted by Crippen LogP contribution is -2.26. The lowest BCUT2D eigenvalue weighted by atomic mass is 10.1. The summed E-state index contributed by atoms with van der Waals surface area (Å²) in [5.74, 6) is -0.0822. The summed E-state index contributed by atoms with van der Waals surface area (Å²) in [5, 5.41) is 5.58. The second kappa shape index (κ2) is 8.26. The van der Waals surface area contributed by atoms with Gasteiger partial charge in [-0.15, -0.1) is 0 Å². The zero-order valence-electron chi connectivity index (χ0n) is 11.2. The number of hydrogen-bond donors (Lipinski definition) is 3. The van der Waals surface area contributed by atoms with Crippen molar-refractivity contribution in [1.29, 1.82) is 0 Å². The summed E-state index contributed by atoms with van der Waals surface area (Å²) in [5.41, 5.74) is 6.94. The van der Waals surface area contributed by atoms with Gasteiger partial charge >= 0.3 is 0 Å². The zero-order valence-corrected chi connectivity index (χ0v) is 11.2. The largest absolute Gasteiger partial charge is 0.352 e. The van der Waals surface area contributed by atoms with E-state index in [2.05, 4.69) is 10.6 Å². The average Bonchev–Trinajstić information content (AvgIpc) is 2.45. The highest BCUT2D eigenvalue weighted by Gasteiger charge is 2.04. The summed E-state index contributed by atoms with van der Waals surface area (Å²) >= 11 is 0. The molecule has 1 rings (SSSR count). The fourth-order valence-electron chi connectivity index (χ4n) is 1.51. The Morgan fingerprint density at radius 2 is 1.84 bits per heavy atom. The molecule has 0 saturated carbocycles. The van der Waals surface area contributed by atoms with Crippen molar-refractivity contribution in [3.8, 4) is 0 Å². The maximum Gasteiger partial charge on any atom is 0.251 e. The molecule has 0 fully saturated rings. The average molecular weight is 263 g/mol. The Labute approximate surface area is 113 Å². The first kappa shape index (κ1) is 15.2. The Hall–Kier alpha value is -1.88. The van der Waals surface area contributed by atoms with Crippen LogP contribution in [-0.2, 0) is 11.3 Å². The maximum atomic E-state index is 11.7. The molecular weight excluding hydrogens is 242 g/mol. The Kier molecular flexibility index (Phi) is 6.60. The molecule has 4 N–H and O–H groups in total. The van der Waals surface area contributed by atoms with Crippen LogP contribution in [0.25, 0.3) is 0 Å². The van der Waals surface area contributed by atoms with Gasteiger partial charge in [0.05, 0.1) is 0 Å². The predicted molar refractivity (Wildman–Crippen MR) is 74.6 cm³/mol. The second-order valence-corrected chi connectivity index (χ2v) is 4.23. The van der Waals surface area contributed by atoms with Crippen LogP contribution in [0.1, 0.15) is 35.7 Å². The van der Waals surface area contributed by atoms with Crippen LogP contribution in [0.3, 0.4) is 0 Å². The smallest absolute Gasteiger partial charge is 0.251 e. The van der Waals surface area contributed by atoms with Crippen molar-refractivity contribution in [3.05, 3.63) is 35.4 Å². The molecule has 2 amide bonds. The van der Waals surface area contributed by atoms with E-state index in [9.17, 15) is 9.59 Å². The van der Waals surface area contributed by atoms with Gasteiger partial charge in [-0.3, -0.25) is 9.59 Å². The van der Waals surface area contributed by atoms with Crippen molar-refractivity contribution in [2.45, 2.75) is 26.3 Å². The standard InChI is InChI=1S/C14H21N3O2/c1-2-13(18)17-10-11-4-6-12(7-5-11)14(19)16-9-3-8-15/h4-7H,2-3,8-10,15H2,1H3,(H,16,19)(H,17,18). The van der Waals surface area contributed by atoms with Crippen molar-refractivity contribution >= 4 is 11.8 Å². The van der Waals surface area contributed by atoms with E-state index in [1.54, 1.807) is 12.1 Å². The quantitative estimate of drug-likeness (QED) is 0.636. The Bertz CT molecular complexity index is 415. The number of carbonyl (C=O) groups is 2. The van der Waals surface area contributed by atoms with Crippen LogP contribution in [0.4, 0.5) is 0 Å². The lowest BCUT2D eigenvalue weighted by molar-refractivity contribution is -0.120. The van der Waals surface area contributed by atoms with E-state index in [-0.39, 0.29) is 11.8 Å². The van der Waals surface area contributed by atoms with Crippen LogP contribution in [-0.4, -0.2) is 24.9 Å². The number of hydrogen-bond acceptors (Lipinski definition) is 3. The van der Waals surface area contributed by atoms with Gasteiger partial charge in [0.1, 0.15) is 0 Å². The maximum absolute atomic E-state index is 11.7. The molecule has 0 saturated heterocycles. The molecule has 0 heterocycles. The van der Waals surface area contributed by atoms with Gasteiger partial charge in [-0.1, -0.05) is 19.1 Å². The third kappa shape index (κ3) is 5.52. The Morgan fingerprint density at radius 3 is 2.42 bits per heavy atom. The topological polar surface area (TPSA) is 84.2 Å². The highest BCUT2D eigenvalue weighted by atomic mass is 16.2. The van der Waals surface area contributed by atoms with Crippen LogP contribution in [0, 0.1) is 0 Å². The molecule has 104 valence electrons. The molecule has 1 aromatic rings. The van der Waals surface area contributed by atoms with Crippen LogP contribution < -0.4 is 16.4 Å². The van der Waals surface area contributed by atoms with Crippen molar-refractivity contribution in [2.75, 3.05) is 13.1 Å². The van der Waals surface area contributed by atoms with Gasteiger partial charge in [0.2, 0.25) is 5.91 Å². The van der Waals surface area contributed by atoms with E-state index in [0.29, 0.717) is 31.6 Å². The summed E-state index contributed by atoms with van der Waals surface area (Å²) in [4.78, 5) is 22.8. The number of benzene rings is 1. The van der Waals surface area contributed by atoms with E-state index in [1.807, 2.05) is 19.1 Å². The van der Waals surface area contributed by atoms with Crippen molar-refractivity contribution in [2.24, 2.45) is 5.73 Å². The van der Waals surface area contributed by atoms with Gasteiger partial charge in [-0.25, -0.2) is 0 Å². The molecule has 0 unspecified atom stereocenters. The van der Waals surface area contributed by atoms with E-state index < -0.39 is 0 Å². The van der Waals surface area contributed by atoms with Crippen molar-refractivity contribution in [3.63, 3.8) is 0 Å². The fourth-order valence-corrected chi connectivity index (χ4v) is 1.51. The minimum atomic E-state index is -0.0995. The molecule has 0 aromatic heterocycles. The van der Waals surface area contributed by atoms with Crippen LogP contribution in [0.15, 0.2) is 24.3 Å². The number of nitrogens with one attached hydrogen (secondary N) is 2. The molecule has 0 spiro atoms. The molecule has 0 atom stereocenters. The predicted octanol–water partition coefficient (Wildman–Crippen LogP) is 0.791. The third-order valence-corrected chi connectivity index (χ3v) is 2.69. The monoisotopic (exact) mass is 263 g/mol. The molecule has 0 aliphatic rings. The van der Waals surface area contributed by atoms with E-state index in [0.717, 1.165) is 12.0 Å². The fraction of sp³-hybridized carbons (Fsp3) is 0.429. The van der Waals surface area contributed by atoms with Gasteiger partial charge in [0.25, 0.3) is 5.91 Å². The number of carbonyl (C=O) groups excluding carboxylic acids is 2. The minimum Gasteiger partial charge on any atom is -0.352 e. The SMILES string of the molecule is CCC(=O)NCc1ccc(C(=O)NCCCN)cc1. The van der Waals surface area contributed by atoms with Crippen LogP contribution in [0.5, 0.6) is 0 Å². The number of nitrogens with two attached hydrogens (primary N) is 1. The summed E-state index contributed by atoms with van der Waals surface area (Å²) in [6, 6.07) is 7.19. The van der Waals surface area contributed by atoms with Gasteiger partial charge in [-0.2, -0.15) is 0 Å². The van der Waals surface area contributed by atoms with Crippen molar-refractivity contribution in [1.82, 2.24) is 10.6 Å². The molecule has 1 aromatic carbocycles. The van der Waals surface area contributed by atoms with Crippen LogP contribution >= 0.6 is 0 Å². The molecule has 0 radical (unpaired) electrons. The summed E-state index contributed by atoms with van der Waals surface area (Å²) < 4.78 is 0. The molecule has 5 nitrogen and oxygen atoms in total. The van der Waals surface area contributed by atoms with Gasteiger partial charge < -0.3 is 16.4 Å². The third-order valence-electron chi connectivity index (χ3n) is 2.69. The van der Waals surface area contributed by atoms with E-state index >= 15 is 0 Å². The van der Waals surface area contributed by atoms with Gasteiger partial charge in [0, 0.05) is 25.1 Å². The van der Waals surface area contributed by atoms with E-state index in [4.69, 9.17) is 5.73 Å². The molecule has 0 aliphatic heterocycles. The van der Waals surface area contributed by atoms with Crippen LogP contribution in [0.2, 0.25) is 0 Å². The van der Waals surface area contributed by atoms with Gasteiger partial charge in [0.15, 0.2) is 0 Å². The first-order chi connectivity index (χ1) is 9.17. The zero-order chi connectivity index (χ0) is 14.1. The first-order valence-corrected chi connectivity index (χ1v) is 6.51. The molecule has 0 bridgehead atoms. The Balaban J connectivity index is 2.46. The summed E-state index contributed by atoms with van der Waals surface area (Å²) in [6.45, 7) is 3.45. The molecule has 0 aliphatic carbocycles. The number of amides is 2. The summed E-state index contributed by atoms with van der Waals surface area (Å²) in [6.07, 6.45) is 1.24. The number of rotatable bonds is 7. The normalized spacial score (nSPS) is 10.0. The lowest BCUT2D eigenvalue weighted by Gasteiger charge is -2.06. The molecule has 19 heavy (non-hydrogen) atoms. The highest BCUT2D eigenvalue weighted by Crippen LogP contribution is 2.04. The first-order valence-electron chi connectivity index (χ1n) is 6.51.